The Morgan fingerprint density at radius 2 is 1.77 bits per heavy atom. The van der Waals surface area contributed by atoms with E-state index >= 15 is 0 Å². The molecule has 0 aliphatic heterocycles. The molecule has 0 radical (unpaired) electrons. The van der Waals surface area contributed by atoms with E-state index in [-0.39, 0.29) is 23.4 Å². The highest BCUT2D eigenvalue weighted by molar-refractivity contribution is 6.07. The molecule has 2 rings (SSSR count). The topological polar surface area (TPSA) is 83.4 Å². The number of carbonyl (C=O) groups excluding carboxylic acids is 2. The highest BCUT2D eigenvalue weighted by Crippen LogP contribution is 2.23. The lowest BCUT2D eigenvalue weighted by molar-refractivity contribution is -0.116. The van der Waals surface area contributed by atoms with E-state index in [4.69, 9.17) is 0 Å². The van der Waals surface area contributed by atoms with Crippen molar-refractivity contribution in [1.29, 1.82) is 0 Å². The molecule has 1 heterocycles. The van der Waals surface area contributed by atoms with Gasteiger partial charge in [-0.15, -0.1) is 0 Å². The number of amides is 2. The Morgan fingerprint density at radius 1 is 1.08 bits per heavy atom. The van der Waals surface area contributed by atoms with Crippen molar-refractivity contribution in [1.82, 2.24) is 9.47 Å². The van der Waals surface area contributed by atoms with E-state index in [0.717, 1.165) is 11.3 Å². The molecule has 2 amide bonds. The molecule has 1 aromatic carbocycles. The third-order valence-electron chi connectivity index (χ3n) is 3.89. The molecular weight excluding hydrogens is 332 g/mol. The number of nitrogens with zero attached hydrogens (tertiary/aromatic N) is 2. The molecule has 2 aromatic rings. The van der Waals surface area contributed by atoms with Crippen LogP contribution < -0.4 is 16.1 Å². The predicted molar refractivity (Wildman–Crippen MR) is 103 cm³/mol. The standard InChI is InChI=1S/C19H24N4O3/c1-12-6-7-15(20-18(25)11-22(3)4)16(8-12)21-19(26)14-10-23(5)13(2)9-17(14)24/h6-10H,11H2,1-5H3,(H,20,25)(H,21,26). The maximum Gasteiger partial charge on any atom is 0.261 e. The second-order valence-corrected chi connectivity index (χ2v) is 6.59. The first-order chi connectivity index (χ1) is 12.2. The zero-order valence-electron chi connectivity index (χ0n) is 15.7. The zero-order chi connectivity index (χ0) is 19.4. The largest absolute Gasteiger partial charge is 0.354 e. The number of hydrogen-bond donors (Lipinski definition) is 2. The molecule has 0 unspecified atom stereocenters. The number of likely N-dealkylation sites (N-methyl/N-ethyl adjacent to an activating group) is 1. The maximum absolute atomic E-state index is 12.6. The van der Waals surface area contributed by atoms with E-state index in [1.54, 1.807) is 49.7 Å². The van der Waals surface area contributed by atoms with Gasteiger partial charge in [-0.3, -0.25) is 14.4 Å². The summed E-state index contributed by atoms with van der Waals surface area (Å²) in [5, 5.41) is 5.52. The number of benzene rings is 1. The molecule has 0 bridgehead atoms. The van der Waals surface area contributed by atoms with Crippen molar-refractivity contribution in [2.75, 3.05) is 31.3 Å². The fourth-order valence-electron chi connectivity index (χ4n) is 2.44. The van der Waals surface area contributed by atoms with Crippen LogP contribution in [0, 0.1) is 13.8 Å². The van der Waals surface area contributed by atoms with Crippen LogP contribution in [0.5, 0.6) is 0 Å². The number of rotatable bonds is 5. The van der Waals surface area contributed by atoms with Crippen LogP contribution in [0.1, 0.15) is 21.6 Å². The summed E-state index contributed by atoms with van der Waals surface area (Å²) in [7, 11) is 5.36. The summed E-state index contributed by atoms with van der Waals surface area (Å²) in [6.45, 7) is 3.90. The SMILES string of the molecule is Cc1ccc(NC(=O)CN(C)C)c(NC(=O)c2cn(C)c(C)cc2=O)c1. The number of pyridine rings is 1. The van der Waals surface area contributed by atoms with E-state index in [1.807, 2.05) is 13.0 Å². The fourth-order valence-corrected chi connectivity index (χ4v) is 2.44. The molecule has 0 spiro atoms. The average Bonchev–Trinajstić information content (AvgIpc) is 2.52. The third-order valence-corrected chi connectivity index (χ3v) is 3.89. The van der Waals surface area contributed by atoms with Crippen molar-refractivity contribution >= 4 is 23.2 Å². The summed E-state index contributed by atoms with van der Waals surface area (Å²) < 4.78 is 1.71. The van der Waals surface area contributed by atoms with Gasteiger partial charge in [0, 0.05) is 25.0 Å². The van der Waals surface area contributed by atoms with Crippen LogP contribution >= 0.6 is 0 Å². The van der Waals surface area contributed by atoms with Crippen molar-refractivity contribution in [2.45, 2.75) is 13.8 Å². The molecule has 0 aliphatic rings. The van der Waals surface area contributed by atoms with E-state index < -0.39 is 5.91 Å². The minimum absolute atomic E-state index is 0.0465. The normalized spacial score (nSPS) is 10.7. The van der Waals surface area contributed by atoms with Crippen LogP contribution in [-0.4, -0.2) is 41.9 Å². The molecule has 7 nitrogen and oxygen atoms in total. The van der Waals surface area contributed by atoms with E-state index in [1.165, 1.54) is 12.3 Å². The summed E-state index contributed by atoms with van der Waals surface area (Å²) in [5.74, 6) is -0.708. The van der Waals surface area contributed by atoms with Gasteiger partial charge in [0.05, 0.1) is 17.9 Å². The Bertz CT molecular complexity index is 900. The van der Waals surface area contributed by atoms with Gasteiger partial charge in [0.1, 0.15) is 5.56 Å². The summed E-state index contributed by atoms with van der Waals surface area (Å²) in [4.78, 5) is 38.5. The Kier molecular flexibility index (Phi) is 5.94. The van der Waals surface area contributed by atoms with Gasteiger partial charge in [-0.2, -0.15) is 0 Å². The summed E-state index contributed by atoms with van der Waals surface area (Å²) in [6, 6.07) is 6.74. The molecule has 0 fully saturated rings. The van der Waals surface area contributed by atoms with Crippen LogP contribution in [-0.2, 0) is 11.8 Å². The van der Waals surface area contributed by atoms with Gasteiger partial charge in [-0.05, 0) is 45.6 Å². The number of hydrogen-bond acceptors (Lipinski definition) is 4. The van der Waals surface area contributed by atoms with E-state index in [9.17, 15) is 14.4 Å². The molecule has 0 saturated carbocycles. The molecule has 0 saturated heterocycles. The zero-order valence-corrected chi connectivity index (χ0v) is 15.7. The van der Waals surface area contributed by atoms with Crippen LogP contribution in [0.3, 0.4) is 0 Å². The lowest BCUT2D eigenvalue weighted by atomic mass is 10.1. The lowest BCUT2D eigenvalue weighted by Gasteiger charge is -2.15. The van der Waals surface area contributed by atoms with Crippen LogP contribution in [0.2, 0.25) is 0 Å². The first kappa shape index (κ1) is 19.4. The highest BCUT2D eigenvalue weighted by Gasteiger charge is 2.15. The fraction of sp³-hybridized carbons (Fsp3) is 0.316. The molecule has 26 heavy (non-hydrogen) atoms. The van der Waals surface area contributed by atoms with Gasteiger partial charge in [-0.25, -0.2) is 0 Å². The quantitative estimate of drug-likeness (QED) is 0.855. The van der Waals surface area contributed by atoms with Crippen molar-refractivity contribution in [3.63, 3.8) is 0 Å². The van der Waals surface area contributed by atoms with E-state index in [2.05, 4.69) is 10.6 Å². The minimum Gasteiger partial charge on any atom is -0.354 e. The summed E-state index contributed by atoms with van der Waals surface area (Å²) in [6.07, 6.45) is 1.51. The summed E-state index contributed by atoms with van der Waals surface area (Å²) >= 11 is 0. The van der Waals surface area contributed by atoms with Gasteiger partial charge in [0.15, 0.2) is 5.43 Å². The van der Waals surface area contributed by atoms with Gasteiger partial charge in [-0.1, -0.05) is 6.07 Å². The number of nitrogens with one attached hydrogen (secondary N) is 2. The van der Waals surface area contributed by atoms with Crippen LogP contribution in [0.25, 0.3) is 0 Å². The molecule has 7 heteroatoms. The van der Waals surface area contributed by atoms with Crippen molar-refractivity contribution in [2.24, 2.45) is 7.05 Å². The summed E-state index contributed by atoms with van der Waals surface area (Å²) in [5.41, 5.74) is 2.32. The smallest absolute Gasteiger partial charge is 0.261 e. The Balaban J connectivity index is 2.30. The van der Waals surface area contributed by atoms with Crippen molar-refractivity contribution in [3.05, 3.63) is 57.5 Å². The molecule has 0 atom stereocenters. The predicted octanol–water partition coefficient (Wildman–Crippen LogP) is 1.75. The van der Waals surface area contributed by atoms with Gasteiger partial charge in [0.2, 0.25) is 5.91 Å². The van der Waals surface area contributed by atoms with Crippen molar-refractivity contribution < 1.29 is 9.59 Å². The van der Waals surface area contributed by atoms with Crippen LogP contribution in [0.4, 0.5) is 11.4 Å². The van der Waals surface area contributed by atoms with Gasteiger partial charge >= 0.3 is 0 Å². The molecule has 2 N–H and O–H groups in total. The monoisotopic (exact) mass is 356 g/mol. The first-order valence-electron chi connectivity index (χ1n) is 8.21. The molecule has 0 aliphatic carbocycles. The van der Waals surface area contributed by atoms with Gasteiger partial charge < -0.3 is 20.1 Å². The number of carbonyl (C=O) groups is 2. The number of aryl methyl sites for hydroxylation is 3. The lowest BCUT2D eigenvalue weighted by Crippen LogP contribution is -2.28. The van der Waals surface area contributed by atoms with E-state index in [0.29, 0.717) is 11.4 Å². The van der Waals surface area contributed by atoms with Crippen LogP contribution in [0.15, 0.2) is 35.3 Å². The van der Waals surface area contributed by atoms with Crippen molar-refractivity contribution in [3.8, 4) is 0 Å². The second-order valence-electron chi connectivity index (χ2n) is 6.59. The number of anilines is 2. The Morgan fingerprint density at radius 3 is 2.42 bits per heavy atom. The van der Waals surface area contributed by atoms with Gasteiger partial charge in [0.25, 0.3) is 5.91 Å². The third kappa shape index (κ3) is 4.80. The average molecular weight is 356 g/mol. The molecular formula is C19H24N4O3. The maximum atomic E-state index is 12.6. The highest BCUT2D eigenvalue weighted by atomic mass is 16.2. The first-order valence-corrected chi connectivity index (χ1v) is 8.21. The molecule has 1 aromatic heterocycles. The second kappa shape index (κ2) is 7.97. The Hall–Kier alpha value is -2.93. The number of aromatic nitrogens is 1. The molecule has 138 valence electrons. The Labute approximate surface area is 152 Å². The minimum atomic E-state index is -0.515.